The van der Waals surface area contributed by atoms with Gasteiger partial charge in [0.05, 0.1) is 12.7 Å². The zero-order valence-electron chi connectivity index (χ0n) is 6.40. The molecular weight excluding hydrogens is 140 g/mol. The average Bonchev–Trinajstić information content (AvgIpc) is 2.27. The summed E-state index contributed by atoms with van der Waals surface area (Å²) in [6.45, 7) is 0.942. The van der Waals surface area contributed by atoms with E-state index in [0.29, 0.717) is 5.82 Å². The van der Waals surface area contributed by atoms with Gasteiger partial charge in [0.2, 0.25) is 0 Å². The maximum absolute atomic E-state index is 5.42. The molecule has 0 unspecified atom stereocenters. The van der Waals surface area contributed by atoms with E-state index in [1.165, 1.54) is 19.3 Å². The van der Waals surface area contributed by atoms with Gasteiger partial charge >= 0.3 is 0 Å². The highest BCUT2D eigenvalue weighted by atomic mass is 15.5. The smallest absolute Gasteiger partial charge is 0.165 e. The number of hydrogen-bond donors (Lipinski definition) is 1. The fourth-order valence-corrected chi connectivity index (χ4v) is 1.31. The molecule has 0 saturated heterocycles. The molecule has 2 N–H and O–H groups in total. The van der Waals surface area contributed by atoms with E-state index in [9.17, 15) is 0 Å². The number of rotatable bonds is 2. The predicted molar refractivity (Wildman–Crippen MR) is 41.8 cm³/mol. The molecule has 0 radical (unpaired) electrons. The Morgan fingerprint density at radius 1 is 1.64 bits per heavy atom. The minimum atomic E-state index is 0.518. The molecule has 0 spiro atoms. The average molecular weight is 152 g/mol. The number of aromatic nitrogens is 3. The molecule has 1 fully saturated rings. The van der Waals surface area contributed by atoms with Crippen LogP contribution in [0.15, 0.2) is 6.20 Å². The van der Waals surface area contributed by atoms with Crippen molar-refractivity contribution in [1.29, 1.82) is 0 Å². The summed E-state index contributed by atoms with van der Waals surface area (Å²) in [5.41, 5.74) is 5.42. The van der Waals surface area contributed by atoms with Crippen LogP contribution in [0.25, 0.3) is 0 Å². The maximum atomic E-state index is 5.42. The first-order valence-corrected chi connectivity index (χ1v) is 4.00. The molecule has 1 aliphatic carbocycles. The molecule has 11 heavy (non-hydrogen) atoms. The van der Waals surface area contributed by atoms with Crippen LogP contribution in [-0.2, 0) is 6.54 Å². The Labute approximate surface area is 65.4 Å². The molecule has 0 aliphatic heterocycles. The number of nitrogen functional groups attached to an aromatic ring is 1. The van der Waals surface area contributed by atoms with E-state index in [1.807, 2.05) is 0 Å². The van der Waals surface area contributed by atoms with Gasteiger partial charge in [0.25, 0.3) is 0 Å². The SMILES string of the molecule is Nc1cnn(CC2CCC2)n1. The zero-order valence-corrected chi connectivity index (χ0v) is 6.40. The molecule has 0 bridgehead atoms. The van der Waals surface area contributed by atoms with Crippen LogP contribution in [0.2, 0.25) is 0 Å². The van der Waals surface area contributed by atoms with Crippen LogP contribution in [0, 0.1) is 5.92 Å². The number of anilines is 1. The van der Waals surface area contributed by atoms with Crippen molar-refractivity contribution in [2.24, 2.45) is 5.92 Å². The molecule has 4 heteroatoms. The van der Waals surface area contributed by atoms with E-state index in [4.69, 9.17) is 5.73 Å². The summed E-state index contributed by atoms with van der Waals surface area (Å²) in [5, 5.41) is 8.03. The maximum Gasteiger partial charge on any atom is 0.165 e. The molecule has 0 atom stereocenters. The highest BCUT2D eigenvalue weighted by molar-refractivity contribution is 5.19. The summed E-state index contributed by atoms with van der Waals surface area (Å²) in [5.74, 6) is 1.31. The third kappa shape index (κ3) is 1.34. The molecule has 0 amide bonds. The minimum Gasteiger partial charge on any atom is -0.381 e. The first-order chi connectivity index (χ1) is 5.34. The highest BCUT2D eigenvalue weighted by Gasteiger charge is 2.18. The van der Waals surface area contributed by atoms with Crippen molar-refractivity contribution in [3.8, 4) is 0 Å². The Bertz CT molecular complexity index is 238. The lowest BCUT2D eigenvalue weighted by Crippen LogP contribution is -2.19. The number of hydrogen-bond acceptors (Lipinski definition) is 3. The molecule has 1 saturated carbocycles. The van der Waals surface area contributed by atoms with Crippen molar-refractivity contribution in [2.45, 2.75) is 25.8 Å². The van der Waals surface area contributed by atoms with Gasteiger partial charge in [-0.1, -0.05) is 6.42 Å². The lowest BCUT2D eigenvalue weighted by atomic mass is 9.86. The molecule has 2 rings (SSSR count). The Morgan fingerprint density at radius 3 is 2.91 bits per heavy atom. The predicted octanol–water partition coefficient (Wildman–Crippen LogP) is 0.660. The lowest BCUT2D eigenvalue weighted by Gasteiger charge is -2.24. The van der Waals surface area contributed by atoms with Gasteiger partial charge in [-0.15, -0.1) is 5.10 Å². The number of nitrogens with zero attached hydrogens (tertiary/aromatic N) is 3. The van der Waals surface area contributed by atoms with Crippen molar-refractivity contribution in [3.63, 3.8) is 0 Å². The molecular formula is C7H12N4. The van der Waals surface area contributed by atoms with Crippen LogP contribution >= 0.6 is 0 Å². The second-order valence-electron chi connectivity index (χ2n) is 3.12. The molecule has 1 aliphatic rings. The third-order valence-electron chi connectivity index (χ3n) is 2.20. The Hall–Kier alpha value is -1.06. The summed E-state index contributed by atoms with van der Waals surface area (Å²) in [4.78, 5) is 1.69. The normalized spacial score (nSPS) is 18.2. The largest absolute Gasteiger partial charge is 0.381 e. The van der Waals surface area contributed by atoms with E-state index in [0.717, 1.165) is 12.5 Å². The highest BCUT2D eigenvalue weighted by Crippen LogP contribution is 2.27. The van der Waals surface area contributed by atoms with Gasteiger partial charge in [0.15, 0.2) is 5.82 Å². The molecule has 60 valence electrons. The van der Waals surface area contributed by atoms with Crippen LogP contribution in [0.1, 0.15) is 19.3 Å². The molecule has 4 nitrogen and oxygen atoms in total. The van der Waals surface area contributed by atoms with Crippen molar-refractivity contribution < 1.29 is 0 Å². The quantitative estimate of drug-likeness (QED) is 0.677. The minimum absolute atomic E-state index is 0.518. The van der Waals surface area contributed by atoms with Crippen molar-refractivity contribution in [1.82, 2.24) is 15.0 Å². The number of nitrogens with two attached hydrogens (primary N) is 1. The molecule has 1 aromatic rings. The Morgan fingerprint density at radius 2 is 2.45 bits per heavy atom. The van der Waals surface area contributed by atoms with Gasteiger partial charge in [-0.2, -0.15) is 9.90 Å². The Balaban J connectivity index is 1.95. The van der Waals surface area contributed by atoms with E-state index >= 15 is 0 Å². The van der Waals surface area contributed by atoms with Gasteiger partial charge < -0.3 is 5.73 Å². The van der Waals surface area contributed by atoms with Crippen LogP contribution in [0.5, 0.6) is 0 Å². The van der Waals surface area contributed by atoms with E-state index in [2.05, 4.69) is 10.2 Å². The van der Waals surface area contributed by atoms with Crippen molar-refractivity contribution in [3.05, 3.63) is 6.20 Å². The third-order valence-corrected chi connectivity index (χ3v) is 2.20. The lowest BCUT2D eigenvalue weighted by molar-refractivity contribution is 0.254. The van der Waals surface area contributed by atoms with E-state index in [1.54, 1.807) is 11.0 Å². The van der Waals surface area contributed by atoms with Crippen molar-refractivity contribution >= 4 is 5.82 Å². The first-order valence-electron chi connectivity index (χ1n) is 4.00. The summed E-state index contributed by atoms with van der Waals surface area (Å²) in [6.07, 6.45) is 5.60. The summed E-state index contributed by atoms with van der Waals surface area (Å²) in [7, 11) is 0. The van der Waals surface area contributed by atoms with Crippen LogP contribution < -0.4 is 5.73 Å². The molecule has 1 heterocycles. The molecule has 1 aromatic heterocycles. The van der Waals surface area contributed by atoms with Gasteiger partial charge in [-0.25, -0.2) is 0 Å². The zero-order chi connectivity index (χ0) is 7.68. The second-order valence-corrected chi connectivity index (χ2v) is 3.12. The molecule has 0 aromatic carbocycles. The van der Waals surface area contributed by atoms with Gasteiger partial charge in [-0.3, -0.25) is 0 Å². The Kier molecular flexibility index (Phi) is 1.52. The van der Waals surface area contributed by atoms with E-state index in [-0.39, 0.29) is 0 Å². The van der Waals surface area contributed by atoms with Gasteiger partial charge in [0.1, 0.15) is 0 Å². The van der Waals surface area contributed by atoms with Crippen LogP contribution in [-0.4, -0.2) is 15.0 Å². The second kappa shape index (κ2) is 2.53. The van der Waals surface area contributed by atoms with E-state index < -0.39 is 0 Å². The summed E-state index contributed by atoms with van der Waals surface area (Å²) in [6, 6.07) is 0. The summed E-state index contributed by atoms with van der Waals surface area (Å²) < 4.78 is 0. The van der Waals surface area contributed by atoms with Gasteiger partial charge in [0, 0.05) is 0 Å². The standard InChI is InChI=1S/C7H12N4/c8-7-4-9-11(10-7)5-6-2-1-3-6/h4,6H,1-3,5H2,(H2,8,10). The monoisotopic (exact) mass is 152 g/mol. The summed E-state index contributed by atoms with van der Waals surface area (Å²) >= 11 is 0. The van der Waals surface area contributed by atoms with Gasteiger partial charge in [-0.05, 0) is 18.8 Å². The van der Waals surface area contributed by atoms with Crippen molar-refractivity contribution in [2.75, 3.05) is 5.73 Å². The topological polar surface area (TPSA) is 56.7 Å². The first kappa shape index (κ1) is 6.64. The van der Waals surface area contributed by atoms with Crippen LogP contribution in [0.3, 0.4) is 0 Å². The van der Waals surface area contributed by atoms with Crippen LogP contribution in [0.4, 0.5) is 5.82 Å². The fourth-order valence-electron chi connectivity index (χ4n) is 1.31. The fraction of sp³-hybridized carbons (Fsp3) is 0.714.